The van der Waals surface area contributed by atoms with Gasteiger partial charge in [0.05, 0.1) is 24.7 Å². The zero-order valence-electron chi connectivity index (χ0n) is 17.7. The fourth-order valence-electron chi connectivity index (χ4n) is 3.86. The number of ether oxygens (including phenoxy) is 2. The molecule has 1 aliphatic rings. The van der Waals surface area contributed by atoms with Crippen molar-refractivity contribution in [3.63, 3.8) is 0 Å². The molecule has 5 nitrogen and oxygen atoms in total. The summed E-state index contributed by atoms with van der Waals surface area (Å²) in [6, 6.07) is 8.02. The van der Waals surface area contributed by atoms with E-state index in [0.29, 0.717) is 5.56 Å². The smallest absolute Gasteiger partial charge is 0.337 e. The van der Waals surface area contributed by atoms with Crippen LogP contribution in [0.25, 0.3) is 21.6 Å². The van der Waals surface area contributed by atoms with Crippen molar-refractivity contribution in [2.24, 2.45) is 0 Å². The molecule has 3 aromatic rings. The van der Waals surface area contributed by atoms with Gasteiger partial charge < -0.3 is 19.0 Å². The van der Waals surface area contributed by atoms with E-state index >= 15 is 0 Å². The maximum Gasteiger partial charge on any atom is 0.337 e. The summed E-state index contributed by atoms with van der Waals surface area (Å²) in [4.78, 5) is 14.2. The van der Waals surface area contributed by atoms with E-state index in [1.54, 1.807) is 23.9 Å². The minimum Gasteiger partial charge on any atom is -0.493 e. The molecule has 0 aliphatic carbocycles. The first kappa shape index (κ1) is 20.7. The van der Waals surface area contributed by atoms with Crippen molar-refractivity contribution in [1.82, 2.24) is 0 Å². The molecule has 1 atom stereocenters. The van der Waals surface area contributed by atoms with Crippen molar-refractivity contribution in [3.05, 3.63) is 52.8 Å². The van der Waals surface area contributed by atoms with Gasteiger partial charge in [0.15, 0.2) is 6.10 Å². The molecule has 4 rings (SSSR count). The van der Waals surface area contributed by atoms with E-state index < -0.39 is 17.7 Å². The molecular weight excluding hydrogens is 400 g/mol. The Morgan fingerprint density at radius 1 is 1.23 bits per heavy atom. The monoisotopic (exact) mass is 426 g/mol. The number of aryl methyl sites for hydroxylation is 2. The van der Waals surface area contributed by atoms with Gasteiger partial charge in [0.1, 0.15) is 5.75 Å². The molecule has 0 fully saturated rings. The van der Waals surface area contributed by atoms with E-state index in [1.807, 2.05) is 45.9 Å². The predicted octanol–water partition coefficient (Wildman–Crippen LogP) is 6.25. The first-order valence-corrected chi connectivity index (χ1v) is 10.9. The predicted molar refractivity (Wildman–Crippen MR) is 117 cm³/mol. The summed E-state index contributed by atoms with van der Waals surface area (Å²) in [7, 11) is 0. The minimum atomic E-state index is -1.07. The minimum absolute atomic E-state index is 0.603. The molecule has 3 heterocycles. The van der Waals surface area contributed by atoms with Crippen molar-refractivity contribution in [2.45, 2.75) is 52.2 Å². The number of fused-ring (bicyclic) bond motifs is 1. The van der Waals surface area contributed by atoms with E-state index in [0.717, 1.165) is 57.2 Å². The van der Waals surface area contributed by atoms with Crippen LogP contribution < -0.4 is 4.74 Å². The van der Waals surface area contributed by atoms with Gasteiger partial charge in [-0.15, -0.1) is 11.3 Å². The number of hydrogen-bond donors (Lipinski definition) is 1. The molecule has 6 heteroatoms. The van der Waals surface area contributed by atoms with Crippen LogP contribution in [0.4, 0.5) is 0 Å². The lowest BCUT2D eigenvalue weighted by Gasteiger charge is -2.26. The third kappa shape index (κ3) is 4.02. The van der Waals surface area contributed by atoms with Crippen molar-refractivity contribution in [2.75, 3.05) is 6.61 Å². The third-order valence-electron chi connectivity index (χ3n) is 5.07. The summed E-state index contributed by atoms with van der Waals surface area (Å²) < 4.78 is 17.1. The Labute approximate surface area is 180 Å². The topological polar surface area (TPSA) is 68.9 Å². The second-order valence-corrected chi connectivity index (χ2v) is 9.74. The van der Waals surface area contributed by atoms with E-state index in [4.69, 9.17) is 13.9 Å². The van der Waals surface area contributed by atoms with Crippen LogP contribution in [0.15, 0.2) is 41.2 Å². The average molecular weight is 427 g/mol. The molecular formula is C24H26O5S. The molecule has 0 saturated carbocycles. The van der Waals surface area contributed by atoms with Crippen LogP contribution in [0.5, 0.6) is 5.75 Å². The highest BCUT2D eigenvalue weighted by Gasteiger charge is 2.34. The first-order chi connectivity index (χ1) is 14.2. The summed E-state index contributed by atoms with van der Waals surface area (Å²) in [5.41, 5.74) is 4.04. The summed E-state index contributed by atoms with van der Waals surface area (Å²) in [5, 5.41) is 10.1. The summed E-state index contributed by atoms with van der Waals surface area (Å²) in [6.07, 6.45) is 4.19. The van der Waals surface area contributed by atoms with Gasteiger partial charge in [0.2, 0.25) is 0 Å². The Bertz CT molecular complexity index is 1060. The molecule has 0 saturated heterocycles. The van der Waals surface area contributed by atoms with E-state index in [2.05, 4.69) is 6.07 Å². The third-order valence-corrected chi connectivity index (χ3v) is 6.24. The number of furan rings is 1. The Hall–Kier alpha value is -2.57. The van der Waals surface area contributed by atoms with Gasteiger partial charge in [-0.05, 0) is 69.9 Å². The van der Waals surface area contributed by atoms with Crippen LogP contribution in [0, 0.1) is 6.92 Å². The van der Waals surface area contributed by atoms with E-state index in [9.17, 15) is 9.90 Å². The van der Waals surface area contributed by atoms with Crippen molar-refractivity contribution in [1.29, 1.82) is 0 Å². The number of benzene rings is 1. The van der Waals surface area contributed by atoms with Crippen LogP contribution in [0.1, 0.15) is 49.3 Å². The Balaban J connectivity index is 1.94. The SMILES string of the molecule is Cc1sc(-c2ccoc2)c(-c2ccc3c(c2)CCCO3)c1C(OC(C)(C)C)C(=O)O. The van der Waals surface area contributed by atoms with E-state index in [1.165, 1.54) is 0 Å². The summed E-state index contributed by atoms with van der Waals surface area (Å²) >= 11 is 1.57. The number of hydrogen-bond acceptors (Lipinski definition) is 5. The Kier molecular flexibility index (Phi) is 5.47. The number of rotatable bonds is 5. The van der Waals surface area contributed by atoms with Crippen LogP contribution in [-0.2, 0) is 16.0 Å². The van der Waals surface area contributed by atoms with Gasteiger partial charge in [-0.3, -0.25) is 0 Å². The molecule has 1 aromatic carbocycles. The molecule has 0 spiro atoms. The highest BCUT2D eigenvalue weighted by molar-refractivity contribution is 7.16. The molecule has 1 aliphatic heterocycles. The van der Waals surface area contributed by atoms with Gasteiger partial charge in [-0.25, -0.2) is 4.79 Å². The van der Waals surface area contributed by atoms with Crippen LogP contribution in [-0.4, -0.2) is 23.3 Å². The Morgan fingerprint density at radius 3 is 2.70 bits per heavy atom. The highest BCUT2D eigenvalue weighted by atomic mass is 32.1. The standard InChI is InChI=1S/C24H26O5S/c1-14-19(21(23(25)26)29-24(2,3)4)20(22(30-14)17-9-11-27-13-17)16-7-8-18-15(12-16)6-5-10-28-18/h7-9,11-13,21H,5-6,10H2,1-4H3,(H,25,26). The fraction of sp³-hybridized carbons (Fsp3) is 0.375. The van der Waals surface area contributed by atoms with Crippen LogP contribution >= 0.6 is 11.3 Å². The zero-order valence-corrected chi connectivity index (χ0v) is 18.5. The molecule has 0 radical (unpaired) electrons. The van der Waals surface area contributed by atoms with Crippen molar-refractivity contribution >= 4 is 17.3 Å². The molecule has 1 N–H and O–H groups in total. The highest BCUT2D eigenvalue weighted by Crippen LogP contribution is 2.48. The summed E-state index contributed by atoms with van der Waals surface area (Å²) in [6.45, 7) is 8.30. The number of aliphatic carboxylic acids is 1. The molecule has 2 aromatic heterocycles. The maximum absolute atomic E-state index is 12.3. The average Bonchev–Trinajstić information content (AvgIpc) is 3.32. The van der Waals surface area contributed by atoms with Crippen LogP contribution in [0.2, 0.25) is 0 Å². The number of carbonyl (C=O) groups is 1. The van der Waals surface area contributed by atoms with Gasteiger partial charge in [-0.2, -0.15) is 0 Å². The first-order valence-electron chi connectivity index (χ1n) is 10.1. The molecule has 0 amide bonds. The largest absolute Gasteiger partial charge is 0.493 e. The van der Waals surface area contributed by atoms with Gasteiger partial charge in [0, 0.05) is 26.4 Å². The Morgan fingerprint density at radius 2 is 2.03 bits per heavy atom. The lowest BCUT2D eigenvalue weighted by molar-refractivity contribution is -0.160. The lowest BCUT2D eigenvalue weighted by Crippen LogP contribution is -2.27. The lowest BCUT2D eigenvalue weighted by atomic mass is 9.92. The fourth-order valence-corrected chi connectivity index (χ4v) is 5.05. The second-order valence-electron chi connectivity index (χ2n) is 8.51. The molecule has 1 unspecified atom stereocenters. The van der Waals surface area contributed by atoms with Crippen LogP contribution in [0.3, 0.4) is 0 Å². The van der Waals surface area contributed by atoms with Crippen molar-refractivity contribution < 1.29 is 23.8 Å². The van der Waals surface area contributed by atoms with Crippen molar-refractivity contribution in [3.8, 4) is 27.3 Å². The molecule has 30 heavy (non-hydrogen) atoms. The molecule has 0 bridgehead atoms. The normalized spacial score (nSPS) is 14.8. The van der Waals surface area contributed by atoms with Gasteiger partial charge in [-0.1, -0.05) is 6.07 Å². The number of carboxylic acid groups (broad SMARTS) is 1. The second kappa shape index (κ2) is 7.93. The molecule has 158 valence electrons. The number of thiophene rings is 1. The van der Waals surface area contributed by atoms with Gasteiger partial charge in [0.25, 0.3) is 0 Å². The maximum atomic E-state index is 12.3. The summed E-state index contributed by atoms with van der Waals surface area (Å²) in [5.74, 6) is -0.0869. The quantitative estimate of drug-likeness (QED) is 0.522. The number of carboxylic acids is 1. The van der Waals surface area contributed by atoms with E-state index in [-0.39, 0.29) is 0 Å². The zero-order chi connectivity index (χ0) is 21.5. The van der Waals surface area contributed by atoms with Gasteiger partial charge >= 0.3 is 5.97 Å².